The molecular formula is C14H20N4O2S. The van der Waals surface area contributed by atoms with E-state index in [0.717, 1.165) is 35.7 Å². The molecule has 2 aromatic rings. The summed E-state index contributed by atoms with van der Waals surface area (Å²) in [6.45, 7) is 7.19. The van der Waals surface area contributed by atoms with Crippen LogP contribution >= 0.6 is 11.8 Å². The number of carboxylic acid groups (broad SMARTS) is 1. The van der Waals surface area contributed by atoms with Crippen molar-refractivity contribution in [2.75, 3.05) is 25.4 Å². The van der Waals surface area contributed by atoms with Gasteiger partial charge in [-0.25, -0.2) is 9.78 Å². The van der Waals surface area contributed by atoms with Crippen LogP contribution in [0.15, 0.2) is 17.3 Å². The number of aromatic nitrogens is 3. The second-order valence-corrected chi connectivity index (χ2v) is 5.79. The molecule has 7 heteroatoms. The molecule has 6 nitrogen and oxygen atoms in total. The summed E-state index contributed by atoms with van der Waals surface area (Å²) < 4.78 is 1.66. The number of aromatic carboxylic acids is 1. The highest BCUT2D eigenvalue weighted by atomic mass is 32.2. The summed E-state index contributed by atoms with van der Waals surface area (Å²) in [5.41, 5.74) is 0.963. The average Bonchev–Trinajstić information content (AvgIpc) is 2.85. The standard InChI is InChI=1S/C14H20N4O2S/c1-4-18(5-2)6-7-21-12-10-9-16-17(3)13(10)15-8-11(12)14(19)20/h8-9H,4-7H2,1-3H3,(H,19,20). The molecule has 0 aliphatic carbocycles. The van der Waals surface area contributed by atoms with Crippen LogP contribution in [0.4, 0.5) is 0 Å². The van der Waals surface area contributed by atoms with Crippen LogP contribution in [-0.4, -0.2) is 56.1 Å². The summed E-state index contributed by atoms with van der Waals surface area (Å²) in [5, 5.41) is 14.3. The molecule has 0 bridgehead atoms. The maximum Gasteiger partial charge on any atom is 0.338 e. The highest BCUT2D eigenvalue weighted by Gasteiger charge is 2.17. The zero-order chi connectivity index (χ0) is 15.4. The molecule has 0 saturated carbocycles. The van der Waals surface area contributed by atoms with Crippen molar-refractivity contribution >= 4 is 28.8 Å². The molecule has 114 valence electrons. The zero-order valence-corrected chi connectivity index (χ0v) is 13.4. The number of hydrogen-bond donors (Lipinski definition) is 1. The van der Waals surface area contributed by atoms with Gasteiger partial charge in [-0.1, -0.05) is 13.8 Å². The van der Waals surface area contributed by atoms with E-state index in [1.165, 1.54) is 6.20 Å². The molecule has 21 heavy (non-hydrogen) atoms. The molecule has 2 rings (SSSR count). The summed E-state index contributed by atoms with van der Waals surface area (Å²) >= 11 is 1.56. The minimum absolute atomic E-state index is 0.250. The second-order valence-electron chi connectivity index (χ2n) is 4.69. The Morgan fingerprint density at radius 3 is 2.71 bits per heavy atom. The van der Waals surface area contributed by atoms with Gasteiger partial charge in [-0.3, -0.25) is 4.68 Å². The van der Waals surface area contributed by atoms with E-state index in [9.17, 15) is 9.90 Å². The molecule has 0 aliphatic rings. The van der Waals surface area contributed by atoms with Gasteiger partial charge in [-0.2, -0.15) is 5.10 Å². The number of pyridine rings is 1. The molecule has 0 atom stereocenters. The molecule has 0 radical (unpaired) electrons. The van der Waals surface area contributed by atoms with Crippen molar-refractivity contribution in [1.82, 2.24) is 19.7 Å². The molecule has 0 amide bonds. The fourth-order valence-corrected chi connectivity index (χ4v) is 3.35. The number of thioether (sulfide) groups is 1. The molecule has 0 unspecified atom stereocenters. The van der Waals surface area contributed by atoms with Crippen LogP contribution in [0, 0.1) is 0 Å². The van der Waals surface area contributed by atoms with Gasteiger partial charge in [0, 0.05) is 30.4 Å². The lowest BCUT2D eigenvalue weighted by atomic mass is 10.2. The Morgan fingerprint density at radius 2 is 2.10 bits per heavy atom. The molecule has 0 saturated heterocycles. The van der Waals surface area contributed by atoms with Gasteiger partial charge in [-0.05, 0) is 13.1 Å². The first-order valence-electron chi connectivity index (χ1n) is 6.97. The van der Waals surface area contributed by atoms with E-state index in [0.29, 0.717) is 5.65 Å². The van der Waals surface area contributed by atoms with Gasteiger partial charge >= 0.3 is 5.97 Å². The van der Waals surface area contributed by atoms with Crippen LogP contribution in [0.3, 0.4) is 0 Å². The lowest BCUT2D eigenvalue weighted by Gasteiger charge is -2.17. The number of aryl methyl sites for hydroxylation is 1. The maximum absolute atomic E-state index is 11.4. The van der Waals surface area contributed by atoms with E-state index in [2.05, 4.69) is 28.8 Å². The second kappa shape index (κ2) is 6.91. The van der Waals surface area contributed by atoms with Crippen molar-refractivity contribution in [3.63, 3.8) is 0 Å². The highest BCUT2D eigenvalue weighted by Crippen LogP contribution is 2.30. The van der Waals surface area contributed by atoms with E-state index >= 15 is 0 Å². The fourth-order valence-electron chi connectivity index (χ4n) is 2.20. The van der Waals surface area contributed by atoms with Gasteiger partial charge in [0.05, 0.1) is 17.1 Å². The normalized spacial score (nSPS) is 11.4. The summed E-state index contributed by atoms with van der Waals surface area (Å²) in [7, 11) is 1.81. The van der Waals surface area contributed by atoms with Crippen LogP contribution in [0.2, 0.25) is 0 Å². The van der Waals surface area contributed by atoms with Gasteiger partial charge in [0.15, 0.2) is 5.65 Å². The van der Waals surface area contributed by atoms with E-state index in [1.807, 2.05) is 0 Å². The Balaban J connectivity index is 2.27. The Labute approximate surface area is 128 Å². The SMILES string of the molecule is CCN(CC)CCSc1c(C(=O)O)cnc2c1cnn2C. The number of rotatable bonds is 7. The van der Waals surface area contributed by atoms with Gasteiger partial charge in [0.2, 0.25) is 0 Å². The number of nitrogens with zero attached hydrogens (tertiary/aromatic N) is 4. The minimum atomic E-state index is -0.946. The first-order chi connectivity index (χ1) is 10.1. The molecule has 1 N–H and O–H groups in total. The third-order valence-electron chi connectivity index (χ3n) is 3.49. The number of fused-ring (bicyclic) bond motifs is 1. The first-order valence-corrected chi connectivity index (χ1v) is 7.96. The van der Waals surface area contributed by atoms with Crippen molar-refractivity contribution in [2.24, 2.45) is 7.05 Å². The smallest absolute Gasteiger partial charge is 0.338 e. The molecular weight excluding hydrogens is 288 g/mol. The number of carbonyl (C=O) groups is 1. The lowest BCUT2D eigenvalue weighted by Crippen LogP contribution is -2.25. The van der Waals surface area contributed by atoms with Gasteiger partial charge in [0.1, 0.15) is 0 Å². The van der Waals surface area contributed by atoms with E-state index in [4.69, 9.17) is 0 Å². The third kappa shape index (κ3) is 3.36. The summed E-state index contributed by atoms with van der Waals surface area (Å²) in [6.07, 6.45) is 3.11. The minimum Gasteiger partial charge on any atom is -0.478 e. The van der Waals surface area contributed by atoms with E-state index in [-0.39, 0.29) is 5.56 Å². The predicted octanol–water partition coefficient (Wildman–Crippen LogP) is 2.10. The summed E-state index contributed by atoms with van der Waals surface area (Å²) in [6, 6.07) is 0. The summed E-state index contributed by atoms with van der Waals surface area (Å²) in [5.74, 6) is -0.103. The van der Waals surface area contributed by atoms with Crippen LogP contribution < -0.4 is 0 Å². The average molecular weight is 308 g/mol. The van der Waals surface area contributed by atoms with Crippen LogP contribution in [-0.2, 0) is 7.05 Å². The summed E-state index contributed by atoms with van der Waals surface area (Å²) in [4.78, 5) is 18.7. The quantitative estimate of drug-likeness (QED) is 0.790. The van der Waals surface area contributed by atoms with Crippen molar-refractivity contribution < 1.29 is 9.90 Å². The largest absolute Gasteiger partial charge is 0.478 e. The third-order valence-corrected chi connectivity index (χ3v) is 4.61. The van der Waals surface area contributed by atoms with Gasteiger partial charge in [0.25, 0.3) is 0 Å². The van der Waals surface area contributed by atoms with E-state index < -0.39 is 5.97 Å². The van der Waals surface area contributed by atoms with Crippen molar-refractivity contribution in [3.05, 3.63) is 18.0 Å². The van der Waals surface area contributed by atoms with Crippen LogP contribution in [0.1, 0.15) is 24.2 Å². The number of carboxylic acids is 1. The molecule has 2 aromatic heterocycles. The van der Waals surface area contributed by atoms with E-state index in [1.54, 1.807) is 29.7 Å². The number of hydrogen-bond acceptors (Lipinski definition) is 5. The van der Waals surface area contributed by atoms with Gasteiger partial charge < -0.3 is 10.0 Å². The maximum atomic E-state index is 11.4. The predicted molar refractivity (Wildman–Crippen MR) is 84.0 cm³/mol. The zero-order valence-electron chi connectivity index (χ0n) is 12.5. The molecule has 0 fully saturated rings. The molecule has 0 aliphatic heterocycles. The van der Waals surface area contributed by atoms with Gasteiger partial charge in [-0.15, -0.1) is 11.8 Å². The van der Waals surface area contributed by atoms with Crippen molar-refractivity contribution in [1.29, 1.82) is 0 Å². The Bertz CT molecular complexity index is 637. The van der Waals surface area contributed by atoms with Crippen LogP contribution in [0.5, 0.6) is 0 Å². The first kappa shape index (κ1) is 15.8. The molecule has 0 aromatic carbocycles. The molecule has 2 heterocycles. The Hall–Kier alpha value is -1.60. The Kier molecular flexibility index (Phi) is 5.19. The van der Waals surface area contributed by atoms with Crippen molar-refractivity contribution in [2.45, 2.75) is 18.7 Å². The molecule has 0 spiro atoms. The Morgan fingerprint density at radius 1 is 1.38 bits per heavy atom. The van der Waals surface area contributed by atoms with Crippen LogP contribution in [0.25, 0.3) is 11.0 Å². The lowest BCUT2D eigenvalue weighted by molar-refractivity contribution is 0.0693. The highest BCUT2D eigenvalue weighted by molar-refractivity contribution is 7.99. The monoisotopic (exact) mass is 308 g/mol. The fraction of sp³-hybridized carbons (Fsp3) is 0.500. The topological polar surface area (TPSA) is 71.2 Å². The van der Waals surface area contributed by atoms with Crippen molar-refractivity contribution in [3.8, 4) is 0 Å².